The Labute approximate surface area is 128 Å². The molecule has 0 saturated carbocycles. The van der Waals surface area contributed by atoms with Crippen molar-refractivity contribution in [2.75, 3.05) is 11.5 Å². The van der Waals surface area contributed by atoms with E-state index in [0.29, 0.717) is 12.2 Å². The van der Waals surface area contributed by atoms with Crippen LogP contribution in [0.1, 0.15) is 24.3 Å². The summed E-state index contributed by atoms with van der Waals surface area (Å²) in [5, 5.41) is 12.1. The van der Waals surface area contributed by atoms with Crippen LogP contribution in [0.4, 0.5) is 0 Å². The first-order valence-corrected chi connectivity index (χ1v) is 8.02. The fourth-order valence-corrected chi connectivity index (χ4v) is 3.77. The number of carboxylic acid groups (broad SMARTS) is 1. The Morgan fingerprint density at radius 1 is 1.43 bits per heavy atom. The number of carboxylic acids is 1. The summed E-state index contributed by atoms with van der Waals surface area (Å²) in [5.41, 5.74) is -0.0997. The molecule has 1 heterocycles. The van der Waals surface area contributed by atoms with Crippen molar-refractivity contribution in [3.63, 3.8) is 0 Å². The Morgan fingerprint density at radius 2 is 2.14 bits per heavy atom. The van der Waals surface area contributed by atoms with Gasteiger partial charge in [0.2, 0.25) is 5.91 Å². The number of hydrogen-bond acceptors (Lipinski definition) is 3. The first-order valence-electron chi connectivity index (χ1n) is 6.87. The summed E-state index contributed by atoms with van der Waals surface area (Å²) in [6.45, 7) is 3.77. The minimum atomic E-state index is -1.11. The van der Waals surface area contributed by atoms with Crippen LogP contribution in [-0.4, -0.2) is 34.0 Å². The smallest absolute Gasteiger partial charge is 0.330 e. The molecular formula is C16H19NO3S. The summed E-state index contributed by atoms with van der Waals surface area (Å²) in [6, 6.07) is 9.63. The molecule has 1 saturated heterocycles. The Bertz CT molecular complexity index is 524. The highest BCUT2D eigenvalue weighted by molar-refractivity contribution is 7.99. The second-order valence-corrected chi connectivity index (χ2v) is 6.30. The Kier molecular flexibility index (Phi) is 5.07. The summed E-state index contributed by atoms with van der Waals surface area (Å²) in [6.07, 6.45) is 2.42. The number of carbonyl (C=O) groups excluding carboxylic acids is 1. The molecule has 2 rings (SSSR count). The van der Waals surface area contributed by atoms with E-state index in [2.05, 4.69) is 11.9 Å². The quantitative estimate of drug-likeness (QED) is 0.792. The molecule has 1 aliphatic heterocycles. The second-order valence-electron chi connectivity index (χ2n) is 5.20. The molecule has 1 aliphatic rings. The number of thioether (sulfide) groups is 1. The van der Waals surface area contributed by atoms with Crippen molar-refractivity contribution in [1.82, 2.24) is 5.32 Å². The molecule has 2 unspecified atom stereocenters. The highest BCUT2D eigenvalue weighted by Gasteiger charge is 2.43. The lowest BCUT2D eigenvalue weighted by molar-refractivity contribution is -0.146. The van der Waals surface area contributed by atoms with Crippen LogP contribution in [-0.2, 0) is 9.59 Å². The molecular weight excluding hydrogens is 286 g/mol. The largest absolute Gasteiger partial charge is 0.479 e. The highest BCUT2D eigenvalue weighted by Crippen LogP contribution is 2.29. The average molecular weight is 305 g/mol. The van der Waals surface area contributed by atoms with Crippen LogP contribution in [0, 0.1) is 0 Å². The number of amides is 1. The lowest BCUT2D eigenvalue weighted by atomic mass is 9.94. The van der Waals surface area contributed by atoms with Gasteiger partial charge in [-0.2, -0.15) is 11.8 Å². The van der Waals surface area contributed by atoms with E-state index in [1.165, 1.54) is 0 Å². The maximum Gasteiger partial charge on any atom is 0.330 e. The van der Waals surface area contributed by atoms with Gasteiger partial charge in [0.05, 0.1) is 0 Å². The van der Waals surface area contributed by atoms with E-state index in [-0.39, 0.29) is 18.2 Å². The van der Waals surface area contributed by atoms with Crippen molar-refractivity contribution in [1.29, 1.82) is 0 Å². The molecule has 4 nitrogen and oxygen atoms in total. The maximum absolute atomic E-state index is 12.2. The second kappa shape index (κ2) is 6.80. The molecule has 0 bridgehead atoms. The van der Waals surface area contributed by atoms with Crippen LogP contribution in [0.3, 0.4) is 0 Å². The highest BCUT2D eigenvalue weighted by atomic mass is 32.2. The van der Waals surface area contributed by atoms with Crippen LogP contribution in [0.25, 0.3) is 0 Å². The number of carbonyl (C=O) groups is 2. The van der Waals surface area contributed by atoms with E-state index < -0.39 is 11.5 Å². The third-order valence-electron chi connectivity index (χ3n) is 3.73. The van der Waals surface area contributed by atoms with Gasteiger partial charge in [-0.25, -0.2) is 4.79 Å². The minimum Gasteiger partial charge on any atom is -0.479 e. The van der Waals surface area contributed by atoms with Gasteiger partial charge in [0.25, 0.3) is 0 Å². The van der Waals surface area contributed by atoms with Gasteiger partial charge in [0, 0.05) is 18.1 Å². The molecule has 1 aromatic carbocycles. The summed E-state index contributed by atoms with van der Waals surface area (Å²) < 4.78 is 0. The van der Waals surface area contributed by atoms with Gasteiger partial charge >= 0.3 is 5.97 Å². The van der Waals surface area contributed by atoms with Crippen molar-refractivity contribution in [3.8, 4) is 0 Å². The van der Waals surface area contributed by atoms with E-state index in [4.69, 9.17) is 0 Å². The lowest BCUT2D eigenvalue weighted by Crippen LogP contribution is -2.54. The molecule has 21 heavy (non-hydrogen) atoms. The zero-order valence-corrected chi connectivity index (χ0v) is 12.6. The molecule has 5 heteroatoms. The lowest BCUT2D eigenvalue weighted by Gasteiger charge is -2.25. The van der Waals surface area contributed by atoms with Crippen LogP contribution < -0.4 is 5.32 Å². The zero-order chi connectivity index (χ0) is 15.3. The predicted molar refractivity (Wildman–Crippen MR) is 84.4 cm³/mol. The van der Waals surface area contributed by atoms with Crippen LogP contribution in [0.2, 0.25) is 0 Å². The molecule has 2 atom stereocenters. The van der Waals surface area contributed by atoms with Crippen molar-refractivity contribution in [2.24, 2.45) is 0 Å². The molecule has 1 amide bonds. The van der Waals surface area contributed by atoms with Crippen LogP contribution in [0.5, 0.6) is 0 Å². The van der Waals surface area contributed by atoms with E-state index in [9.17, 15) is 14.7 Å². The molecule has 1 aromatic rings. The van der Waals surface area contributed by atoms with Gasteiger partial charge in [-0.1, -0.05) is 36.4 Å². The van der Waals surface area contributed by atoms with Gasteiger partial charge in [-0.15, -0.1) is 6.58 Å². The monoisotopic (exact) mass is 305 g/mol. The first kappa shape index (κ1) is 15.6. The Balaban J connectivity index is 2.03. The number of nitrogens with one attached hydrogen (secondary N) is 1. The predicted octanol–water partition coefficient (Wildman–Crippen LogP) is 2.42. The number of benzene rings is 1. The van der Waals surface area contributed by atoms with Gasteiger partial charge in [-0.3, -0.25) is 4.79 Å². The van der Waals surface area contributed by atoms with Gasteiger partial charge < -0.3 is 10.4 Å². The minimum absolute atomic E-state index is 0.105. The molecule has 1 fully saturated rings. The van der Waals surface area contributed by atoms with E-state index in [1.807, 2.05) is 30.3 Å². The molecule has 0 spiro atoms. The Hall–Kier alpha value is -1.75. The summed E-state index contributed by atoms with van der Waals surface area (Å²) in [5.74, 6) is -0.107. The zero-order valence-electron chi connectivity index (χ0n) is 11.7. The van der Waals surface area contributed by atoms with Crippen molar-refractivity contribution in [2.45, 2.75) is 24.3 Å². The molecule has 2 N–H and O–H groups in total. The number of rotatable bonds is 6. The van der Waals surface area contributed by atoms with Crippen molar-refractivity contribution < 1.29 is 14.7 Å². The standard InChI is InChI=1S/C16H19NO3S/c1-2-12(13-6-4-3-5-7-13)10-14(18)17-16(15(19)20)8-9-21-11-16/h2-7,12H,1,8-11H2,(H,17,18)(H,19,20). The van der Waals surface area contributed by atoms with Crippen LogP contribution in [0.15, 0.2) is 43.0 Å². The Morgan fingerprint density at radius 3 is 2.67 bits per heavy atom. The van der Waals surface area contributed by atoms with Gasteiger partial charge in [0.15, 0.2) is 0 Å². The summed E-state index contributed by atoms with van der Waals surface area (Å²) in [4.78, 5) is 23.7. The van der Waals surface area contributed by atoms with E-state index in [0.717, 1.165) is 11.3 Å². The third kappa shape index (κ3) is 3.67. The van der Waals surface area contributed by atoms with Gasteiger partial charge in [-0.05, 0) is 17.7 Å². The average Bonchev–Trinajstić information content (AvgIpc) is 2.95. The summed E-state index contributed by atoms with van der Waals surface area (Å²) in [7, 11) is 0. The molecule has 0 radical (unpaired) electrons. The van der Waals surface area contributed by atoms with E-state index >= 15 is 0 Å². The van der Waals surface area contributed by atoms with Crippen LogP contribution >= 0.6 is 11.8 Å². The molecule has 0 aromatic heterocycles. The van der Waals surface area contributed by atoms with Gasteiger partial charge in [0.1, 0.15) is 5.54 Å². The van der Waals surface area contributed by atoms with Crippen molar-refractivity contribution in [3.05, 3.63) is 48.6 Å². The molecule has 112 valence electrons. The fraction of sp³-hybridized carbons (Fsp3) is 0.375. The van der Waals surface area contributed by atoms with E-state index in [1.54, 1.807) is 17.8 Å². The third-order valence-corrected chi connectivity index (χ3v) is 4.92. The summed E-state index contributed by atoms with van der Waals surface area (Å²) >= 11 is 1.56. The number of aliphatic carboxylic acids is 1. The molecule has 0 aliphatic carbocycles. The normalized spacial score (nSPS) is 22.5. The van der Waals surface area contributed by atoms with Crippen molar-refractivity contribution >= 4 is 23.6 Å². The number of hydrogen-bond donors (Lipinski definition) is 2. The SMILES string of the molecule is C=CC(CC(=O)NC1(C(=O)O)CCSC1)c1ccccc1. The fourth-order valence-electron chi connectivity index (χ4n) is 2.44. The number of allylic oxidation sites excluding steroid dienone is 1. The first-order chi connectivity index (χ1) is 10.1. The maximum atomic E-state index is 12.2. The topological polar surface area (TPSA) is 66.4 Å².